The van der Waals surface area contributed by atoms with Gasteiger partial charge in [-0.1, -0.05) is 39.5 Å². The molecule has 0 radical (unpaired) electrons. The summed E-state index contributed by atoms with van der Waals surface area (Å²) < 4.78 is 27.7. The van der Waals surface area contributed by atoms with E-state index in [1.807, 2.05) is 13.8 Å². The highest BCUT2D eigenvalue weighted by Crippen LogP contribution is 2.67. The highest BCUT2D eigenvalue weighted by Gasteiger charge is 2.60. The molecule has 0 aromatic carbocycles. The molecule has 10 atom stereocenters. The number of ketones is 1. The number of esters is 4. The molecule has 0 spiro atoms. The van der Waals surface area contributed by atoms with E-state index < -0.39 is 37.2 Å². The van der Waals surface area contributed by atoms with Gasteiger partial charge in [-0.15, -0.1) is 0 Å². The van der Waals surface area contributed by atoms with Crippen LogP contribution >= 0.6 is 0 Å². The fraction of sp³-hybridized carbons (Fsp3) is 0.479. The van der Waals surface area contributed by atoms with E-state index >= 15 is 0 Å². The maximum atomic E-state index is 13.1. The Morgan fingerprint density at radius 3 is 1.36 bits per heavy atom. The SMILES string of the molecule is CC#CC#CC#CC#CC#CC#CC#CC#CC(=O)OCC(COC(=O)C#CC#CC#CC#CC#CC#CC#CC#CC)OC(=O)CC(C)CCC(C)CC(=O)OCO[C@H]1CC[C@@]2(C)[C@@H](CC[C@@H]3[C@@H]2CC[C@]2(C)[C@@H](C(C)=O)CC[C@@H]32)C1. The van der Waals surface area contributed by atoms with Gasteiger partial charge in [-0.2, -0.15) is 0 Å². The highest BCUT2D eigenvalue weighted by molar-refractivity contribution is 5.89. The largest absolute Gasteiger partial charge is 0.455 e. The Labute approximate surface area is 481 Å². The van der Waals surface area contributed by atoms with Crippen LogP contribution in [0, 0.1) is 242 Å². The van der Waals surface area contributed by atoms with Crippen LogP contribution in [0.5, 0.6) is 0 Å². The predicted molar refractivity (Wildman–Crippen MR) is 306 cm³/mol. The zero-order chi connectivity index (χ0) is 58.6. The lowest BCUT2D eigenvalue weighted by Gasteiger charge is -2.61. The Kier molecular flexibility index (Phi) is 28.3. The molecule has 4 aliphatic rings. The van der Waals surface area contributed by atoms with Crippen molar-refractivity contribution in [3.63, 3.8) is 0 Å². The van der Waals surface area contributed by atoms with Crippen molar-refractivity contribution in [3.8, 4) is 189 Å². The van der Waals surface area contributed by atoms with Gasteiger partial charge in [-0.3, -0.25) is 14.4 Å². The summed E-state index contributed by atoms with van der Waals surface area (Å²) in [6, 6.07) is 0. The minimum absolute atomic E-state index is 0.00978. The van der Waals surface area contributed by atoms with Crippen molar-refractivity contribution >= 4 is 29.7 Å². The van der Waals surface area contributed by atoms with Gasteiger partial charge in [0, 0.05) is 30.6 Å². The van der Waals surface area contributed by atoms with Gasteiger partial charge in [-0.25, -0.2) is 9.59 Å². The van der Waals surface area contributed by atoms with Crippen molar-refractivity contribution in [1.82, 2.24) is 0 Å². The van der Waals surface area contributed by atoms with Crippen LogP contribution in [-0.2, 0) is 47.7 Å². The lowest BCUT2D eigenvalue weighted by molar-refractivity contribution is -0.174. The van der Waals surface area contributed by atoms with Gasteiger partial charge in [0.15, 0.2) is 12.9 Å². The molecule has 0 saturated heterocycles. The summed E-state index contributed by atoms with van der Waals surface area (Å²) in [4.78, 5) is 63.5. The Morgan fingerprint density at radius 1 is 0.481 bits per heavy atom. The standard InChI is InChI=1S/C71H62O10/c1-8-10-12-14-16-18-20-22-24-26-28-30-32-34-36-38-66(73)77-53-61(54-78-67(74)39-37-35-33-31-29-27-25-23-21-19-17-15-13-11-9-2)81-69(76)51-57(4)41-40-56(3)50-68(75)80-55-79-60-46-48-70(6)59(52-60)42-43-62-64-45-44-63(58(5)72)71(64,7)49-47-65(62)70/h56-57,59-65H,40-55H2,1-7H3/t56?,57?,59-,60-,62-,63+,64-,65-,70-,71+/m0/s1. The highest BCUT2D eigenvalue weighted by atomic mass is 16.7. The van der Waals surface area contributed by atoms with E-state index in [-0.39, 0.29) is 60.3 Å². The molecular weight excluding hydrogens is 1010 g/mol. The average molecular weight is 1080 g/mol. The van der Waals surface area contributed by atoms with Crippen LogP contribution in [-0.4, -0.2) is 61.9 Å². The van der Waals surface area contributed by atoms with E-state index in [1.165, 1.54) is 25.7 Å². The lowest BCUT2D eigenvalue weighted by Crippen LogP contribution is -2.54. The second-order valence-electron chi connectivity index (χ2n) is 20.4. The van der Waals surface area contributed by atoms with Crippen molar-refractivity contribution < 1.29 is 47.7 Å². The zero-order valence-corrected chi connectivity index (χ0v) is 47.1. The summed E-state index contributed by atoms with van der Waals surface area (Å²) in [6.07, 6.45) is 10.3. The van der Waals surface area contributed by atoms with Crippen LogP contribution < -0.4 is 0 Å². The van der Waals surface area contributed by atoms with Crippen LogP contribution in [0.4, 0.5) is 0 Å². The molecule has 81 heavy (non-hydrogen) atoms. The summed E-state index contributed by atoms with van der Waals surface area (Å²) in [5.74, 6) is 78.7. The first-order valence-corrected chi connectivity index (χ1v) is 26.9. The summed E-state index contributed by atoms with van der Waals surface area (Å²) >= 11 is 0. The zero-order valence-electron chi connectivity index (χ0n) is 47.1. The average Bonchev–Trinajstić information content (AvgIpc) is 2.45. The molecule has 0 bridgehead atoms. The molecule has 0 N–H and O–H groups in total. The second-order valence-corrected chi connectivity index (χ2v) is 20.4. The van der Waals surface area contributed by atoms with Crippen LogP contribution in [0.15, 0.2) is 0 Å². The summed E-state index contributed by atoms with van der Waals surface area (Å²) in [5.41, 5.74) is 0.429. The Hall–Kier alpha value is -9.53. The summed E-state index contributed by atoms with van der Waals surface area (Å²) in [5, 5.41) is 0. The fourth-order valence-electron chi connectivity index (χ4n) is 11.4. The molecule has 0 aliphatic heterocycles. The van der Waals surface area contributed by atoms with Gasteiger partial charge in [0.25, 0.3) is 0 Å². The molecule has 10 nitrogen and oxygen atoms in total. The van der Waals surface area contributed by atoms with Gasteiger partial charge in [0.05, 0.1) is 6.10 Å². The van der Waals surface area contributed by atoms with E-state index in [4.69, 9.17) is 23.7 Å². The van der Waals surface area contributed by atoms with Crippen LogP contribution in [0.3, 0.4) is 0 Å². The molecule has 2 unspecified atom stereocenters. The first-order chi connectivity index (χ1) is 39.2. The minimum atomic E-state index is -1.21. The van der Waals surface area contributed by atoms with Gasteiger partial charge in [0.1, 0.15) is 19.0 Å². The molecule has 4 aliphatic carbocycles. The topological polar surface area (TPSA) is 132 Å². The van der Waals surface area contributed by atoms with Gasteiger partial charge in [0.2, 0.25) is 0 Å². The maximum absolute atomic E-state index is 13.1. The number of carbonyl (C=O) groups is 5. The molecule has 0 aromatic heterocycles. The quantitative estimate of drug-likeness (QED) is 0.0522. The number of hydrogen-bond acceptors (Lipinski definition) is 10. The smallest absolute Gasteiger partial charge is 0.385 e. The normalized spacial score (nSPS) is 21.7. The molecule has 4 rings (SSSR count). The van der Waals surface area contributed by atoms with Gasteiger partial charge >= 0.3 is 23.9 Å². The number of Topliss-reactive ketones (excluding diaryl/α,β-unsaturated/α-hetero) is 1. The van der Waals surface area contributed by atoms with Crippen molar-refractivity contribution in [3.05, 3.63) is 0 Å². The molecule has 4 fully saturated rings. The van der Waals surface area contributed by atoms with E-state index in [1.54, 1.807) is 20.8 Å². The minimum Gasteiger partial charge on any atom is -0.455 e. The molecule has 4 saturated carbocycles. The molecule has 406 valence electrons. The van der Waals surface area contributed by atoms with Gasteiger partial charge in [-0.05, 0) is 304 Å². The van der Waals surface area contributed by atoms with Crippen molar-refractivity contribution in [2.24, 2.45) is 52.3 Å². The van der Waals surface area contributed by atoms with Crippen molar-refractivity contribution in [2.45, 2.75) is 144 Å². The molecule has 10 heteroatoms. The Balaban J connectivity index is 1.22. The number of fused-ring (bicyclic) bond motifs is 5. The van der Waals surface area contributed by atoms with Crippen LogP contribution in [0.25, 0.3) is 0 Å². The molecule has 0 aromatic rings. The first-order valence-electron chi connectivity index (χ1n) is 26.9. The van der Waals surface area contributed by atoms with Crippen molar-refractivity contribution in [2.75, 3.05) is 20.0 Å². The number of rotatable bonds is 16. The molecule has 0 amide bonds. The van der Waals surface area contributed by atoms with E-state index in [0.717, 1.165) is 32.1 Å². The van der Waals surface area contributed by atoms with E-state index in [9.17, 15) is 24.0 Å². The van der Waals surface area contributed by atoms with Crippen molar-refractivity contribution in [1.29, 1.82) is 0 Å². The van der Waals surface area contributed by atoms with E-state index in [2.05, 4.69) is 203 Å². The Morgan fingerprint density at radius 2 is 0.901 bits per heavy atom. The number of ether oxygens (including phenoxy) is 5. The lowest BCUT2D eigenvalue weighted by atomic mass is 9.44. The first kappa shape index (κ1) is 64.0. The number of hydrogen-bond donors (Lipinski definition) is 0. The predicted octanol–water partition coefficient (Wildman–Crippen LogP) is 7.05. The Bertz CT molecular complexity index is 3320. The third-order valence-corrected chi connectivity index (χ3v) is 15.1. The maximum Gasteiger partial charge on any atom is 0.385 e. The third kappa shape index (κ3) is 23.1. The fourth-order valence-corrected chi connectivity index (χ4v) is 11.4. The van der Waals surface area contributed by atoms with Crippen LogP contribution in [0.1, 0.15) is 132 Å². The summed E-state index contributed by atoms with van der Waals surface area (Å²) in [6.45, 7) is 12.8. The summed E-state index contributed by atoms with van der Waals surface area (Å²) in [7, 11) is 0. The second kappa shape index (κ2) is 35.8. The number of carbonyl (C=O) groups excluding carboxylic acids is 5. The van der Waals surface area contributed by atoms with Gasteiger partial charge < -0.3 is 23.7 Å². The molecular formula is C71H62O10. The van der Waals surface area contributed by atoms with Crippen LogP contribution in [0.2, 0.25) is 0 Å². The van der Waals surface area contributed by atoms with E-state index in [0.29, 0.717) is 42.3 Å². The third-order valence-electron chi connectivity index (χ3n) is 15.1. The molecule has 0 heterocycles. The monoisotopic (exact) mass is 1070 g/mol.